The van der Waals surface area contributed by atoms with E-state index < -0.39 is 0 Å². The summed E-state index contributed by atoms with van der Waals surface area (Å²) in [5.74, 6) is 2.03. The molecule has 8 heteroatoms. The van der Waals surface area contributed by atoms with Crippen LogP contribution in [-0.4, -0.2) is 45.8 Å². The van der Waals surface area contributed by atoms with Crippen LogP contribution in [0.15, 0.2) is 58.4 Å². The summed E-state index contributed by atoms with van der Waals surface area (Å²) in [6.07, 6.45) is 6.87. The van der Waals surface area contributed by atoms with Crippen LogP contribution in [0, 0.1) is 0 Å². The molecule has 1 atom stereocenters. The summed E-state index contributed by atoms with van der Waals surface area (Å²) in [4.78, 5) is 11.3. The Morgan fingerprint density at radius 3 is 2.86 bits per heavy atom. The Bertz CT molecular complexity index is 920. The zero-order valence-electron chi connectivity index (χ0n) is 16.1. The number of aliphatic imine (C=N–C) groups is 1. The van der Waals surface area contributed by atoms with Crippen molar-refractivity contribution in [3.8, 4) is 11.5 Å². The Kier molecular flexibility index (Phi) is 6.71. The number of halogens is 1. The number of oxazole rings is 1. The van der Waals surface area contributed by atoms with Crippen LogP contribution < -0.4 is 5.32 Å². The van der Waals surface area contributed by atoms with Gasteiger partial charge in [-0.05, 0) is 24.1 Å². The van der Waals surface area contributed by atoms with Gasteiger partial charge in [0.05, 0.1) is 18.4 Å². The summed E-state index contributed by atoms with van der Waals surface area (Å²) in [5.41, 5.74) is 3.13. The van der Waals surface area contributed by atoms with Gasteiger partial charge in [0.1, 0.15) is 6.26 Å². The van der Waals surface area contributed by atoms with Gasteiger partial charge < -0.3 is 14.6 Å². The summed E-state index contributed by atoms with van der Waals surface area (Å²) in [5, 5.41) is 7.69. The van der Waals surface area contributed by atoms with Crippen LogP contribution in [0.2, 0.25) is 0 Å². The van der Waals surface area contributed by atoms with E-state index in [-0.39, 0.29) is 24.0 Å². The van der Waals surface area contributed by atoms with Crippen LogP contribution in [0.4, 0.5) is 0 Å². The Labute approximate surface area is 181 Å². The van der Waals surface area contributed by atoms with Gasteiger partial charge in [0.25, 0.3) is 0 Å². The zero-order valence-corrected chi connectivity index (χ0v) is 18.4. The van der Waals surface area contributed by atoms with Crippen molar-refractivity contribution in [1.82, 2.24) is 25.0 Å². The molecular weight excluding hydrogens is 467 g/mol. The summed E-state index contributed by atoms with van der Waals surface area (Å²) in [6.45, 7) is 2.50. The molecule has 4 rings (SSSR count). The molecule has 3 aromatic rings. The maximum Gasteiger partial charge on any atom is 0.226 e. The fourth-order valence-corrected chi connectivity index (χ4v) is 3.48. The molecule has 1 aliphatic rings. The second-order valence-corrected chi connectivity index (χ2v) is 6.79. The van der Waals surface area contributed by atoms with Gasteiger partial charge in [0, 0.05) is 44.9 Å². The number of nitrogens with one attached hydrogen (secondary N) is 1. The number of aromatic nitrogens is 3. The maximum atomic E-state index is 5.61. The standard InChI is InChI=1S/C20H24N6O.HI/c1-21-20(26-9-8-16(13-26)17-10-23-25(2)12-17)22-11-18-14-27-19(24-18)15-6-4-3-5-7-15;/h3-7,10,12,14,16H,8-9,11,13H2,1-2H3,(H,21,22);1H. The normalized spacial score (nSPS) is 16.9. The molecule has 0 spiro atoms. The lowest BCUT2D eigenvalue weighted by molar-refractivity contribution is 0.485. The van der Waals surface area contributed by atoms with Crippen molar-refractivity contribution in [3.63, 3.8) is 0 Å². The van der Waals surface area contributed by atoms with E-state index in [0.717, 1.165) is 36.7 Å². The summed E-state index contributed by atoms with van der Waals surface area (Å²) in [7, 11) is 3.77. The number of aryl methyl sites for hydroxylation is 1. The van der Waals surface area contributed by atoms with Crippen LogP contribution >= 0.6 is 24.0 Å². The Hall–Kier alpha value is -2.36. The average Bonchev–Trinajstić information content (AvgIpc) is 3.44. The molecule has 1 unspecified atom stereocenters. The van der Waals surface area contributed by atoms with Crippen LogP contribution in [0.1, 0.15) is 23.6 Å². The molecule has 0 radical (unpaired) electrons. The van der Waals surface area contributed by atoms with Crippen LogP contribution in [0.5, 0.6) is 0 Å². The number of benzene rings is 1. The molecule has 0 bridgehead atoms. The third-order valence-corrected chi connectivity index (χ3v) is 4.90. The highest BCUT2D eigenvalue weighted by Crippen LogP contribution is 2.26. The van der Waals surface area contributed by atoms with E-state index in [1.165, 1.54) is 5.56 Å². The fraction of sp³-hybridized carbons (Fsp3) is 0.350. The van der Waals surface area contributed by atoms with Crippen LogP contribution in [-0.2, 0) is 13.6 Å². The van der Waals surface area contributed by atoms with E-state index >= 15 is 0 Å². The third-order valence-electron chi connectivity index (χ3n) is 4.90. The molecule has 0 saturated carbocycles. The molecule has 148 valence electrons. The number of nitrogens with zero attached hydrogens (tertiary/aromatic N) is 5. The molecule has 7 nitrogen and oxygen atoms in total. The monoisotopic (exact) mass is 492 g/mol. The lowest BCUT2D eigenvalue weighted by Crippen LogP contribution is -2.39. The SMILES string of the molecule is CN=C(NCc1coc(-c2ccccc2)n1)N1CCC(c2cnn(C)c2)C1.I. The van der Waals surface area contributed by atoms with E-state index in [1.54, 1.807) is 6.26 Å². The first-order chi connectivity index (χ1) is 13.2. The maximum absolute atomic E-state index is 5.61. The highest BCUT2D eigenvalue weighted by molar-refractivity contribution is 14.0. The molecule has 2 aromatic heterocycles. The van der Waals surface area contributed by atoms with Gasteiger partial charge in [0.15, 0.2) is 5.96 Å². The molecule has 3 heterocycles. The van der Waals surface area contributed by atoms with Crippen molar-refractivity contribution in [2.75, 3.05) is 20.1 Å². The predicted molar refractivity (Wildman–Crippen MR) is 120 cm³/mol. The summed E-state index contributed by atoms with van der Waals surface area (Å²) in [6, 6.07) is 9.92. The number of guanidine groups is 1. The van der Waals surface area contributed by atoms with E-state index in [2.05, 4.69) is 31.5 Å². The minimum Gasteiger partial charge on any atom is -0.444 e. The molecule has 28 heavy (non-hydrogen) atoms. The van der Waals surface area contributed by atoms with E-state index in [1.807, 2.05) is 55.3 Å². The molecule has 1 aromatic carbocycles. The predicted octanol–water partition coefficient (Wildman–Crippen LogP) is 3.26. The smallest absolute Gasteiger partial charge is 0.226 e. The molecule has 0 aliphatic carbocycles. The first-order valence-corrected chi connectivity index (χ1v) is 9.17. The van der Waals surface area contributed by atoms with Crippen molar-refractivity contribution >= 4 is 29.9 Å². The second-order valence-electron chi connectivity index (χ2n) is 6.79. The first kappa shape index (κ1) is 20.4. The van der Waals surface area contributed by atoms with Crippen LogP contribution in [0.25, 0.3) is 11.5 Å². The largest absolute Gasteiger partial charge is 0.444 e. The van der Waals surface area contributed by atoms with Gasteiger partial charge >= 0.3 is 0 Å². The average molecular weight is 492 g/mol. The highest BCUT2D eigenvalue weighted by Gasteiger charge is 2.26. The molecule has 0 amide bonds. The summed E-state index contributed by atoms with van der Waals surface area (Å²) >= 11 is 0. The highest BCUT2D eigenvalue weighted by atomic mass is 127. The Morgan fingerprint density at radius 2 is 2.14 bits per heavy atom. The van der Waals surface area contributed by atoms with Gasteiger partial charge in [-0.1, -0.05) is 18.2 Å². The van der Waals surface area contributed by atoms with Gasteiger partial charge in [-0.3, -0.25) is 9.67 Å². The topological polar surface area (TPSA) is 71.5 Å². The van der Waals surface area contributed by atoms with Crippen molar-refractivity contribution in [2.45, 2.75) is 18.9 Å². The fourth-order valence-electron chi connectivity index (χ4n) is 3.48. The number of hydrogen-bond acceptors (Lipinski definition) is 4. The van der Waals surface area contributed by atoms with Gasteiger partial charge in [-0.2, -0.15) is 5.10 Å². The minimum atomic E-state index is 0. The zero-order chi connectivity index (χ0) is 18.6. The van der Waals surface area contributed by atoms with Crippen molar-refractivity contribution < 1.29 is 4.42 Å². The molecule has 1 saturated heterocycles. The van der Waals surface area contributed by atoms with Crippen molar-refractivity contribution in [1.29, 1.82) is 0 Å². The quantitative estimate of drug-likeness (QED) is 0.344. The molecular formula is C20H25IN6O. The second kappa shape index (κ2) is 9.22. The lowest BCUT2D eigenvalue weighted by atomic mass is 10.0. The number of likely N-dealkylation sites (tertiary alicyclic amines) is 1. The van der Waals surface area contributed by atoms with Crippen molar-refractivity contribution in [2.24, 2.45) is 12.0 Å². The minimum absolute atomic E-state index is 0. The first-order valence-electron chi connectivity index (χ1n) is 9.17. The Morgan fingerprint density at radius 1 is 1.32 bits per heavy atom. The number of rotatable bonds is 4. The van der Waals surface area contributed by atoms with Gasteiger partial charge in [-0.15, -0.1) is 24.0 Å². The van der Waals surface area contributed by atoms with Gasteiger partial charge in [0.2, 0.25) is 5.89 Å². The molecule has 1 aliphatic heterocycles. The van der Waals surface area contributed by atoms with Gasteiger partial charge in [-0.25, -0.2) is 4.98 Å². The van der Waals surface area contributed by atoms with E-state index in [9.17, 15) is 0 Å². The summed E-state index contributed by atoms with van der Waals surface area (Å²) < 4.78 is 7.47. The lowest BCUT2D eigenvalue weighted by Gasteiger charge is -2.21. The molecule has 1 N–H and O–H groups in total. The molecule has 1 fully saturated rings. The van der Waals surface area contributed by atoms with E-state index in [0.29, 0.717) is 18.4 Å². The number of hydrogen-bond donors (Lipinski definition) is 1. The van der Waals surface area contributed by atoms with Crippen LogP contribution in [0.3, 0.4) is 0 Å². The van der Waals surface area contributed by atoms with Crippen molar-refractivity contribution in [3.05, 3.63) is 60.2 Å². The third kappa shape index (κ3) is 4.54. The Balaban J connectivity index is 0.00000225. The van der Waals surface area contributed by atoms with E-state index in [4.69, 9.17) is 4.42 Å².